The Balaban J connectivity index is 1.80. The third kappa shape index (κ3) is 4.41. The molecule has 1 heterocycles. The zero-order valence-corrected chi connectivity index (χ0v) is 12.0. The van der Waals surface area contributed by atoms with E-state index in [9.17, 15) is 0 Å². The number of halogens is 2. The second-order valence-electron chi connectivity index (χ2n) is 4.20. The van der Waals surface area contributed by atoms with E-state index in [1.54, 1.807) is 12.3 Å². The largest absolute Gasteiger partial charge is 0.477 e. The second-order valence-corrected chi connectivity index (χ2v) is 4.88. The lowest BCUT2D eigenvalue weighted by Crippen LogP contribution is -2.01. The first-order chi connectivity index (χ1) is 9.29. The molecule has 0 radical (unpaired) electrons. The van der Waals surface area contributed by atoms with Crippen molar-refractivity contribution in [3.05, 3.63) is 58.7 Å². The maximum Gasteiger partial charge on any atom is 0.232 e. The van der Waals surface area contributed by atoms with E-state index in [4.69, 9.17) is 27.9 Å². The number of nitrogens with zero attached hydrogens (tertiary/aromatic N) is 1. The quantitative estimate of drug-likeness (QED) is 0.579. The van der Waals surface area contributed by atoms with Crippen molar-refractivity contribution in [3.8, 4) is 5.88 Å². The van der Waals surface area contributed by atoms with Crippen molar-refractivity contribution in [2.24, 2.45) is 0 Å². The molecule has 4 heteroatoms. The zero-order chi connectivity index (χ0) is 13.5. The predicted octanol–water partition coefficient (Wildman–Crippen LogP) is 4.49. The molecule has 0 atom stereocenters. The highest BCUT2D eigenvalue weighted by molar-refractivity contribution is 6.32. The van der Waals surface area contributed by atoms with Crippen LogP contribution >= 0.6 is 23.2 Å². The number of hydrogen-bond acceptors (Lipinski definition) is 2. The van der Waals surface area contributed by atoms with Gasteiger partial charge in [-0.15, -0.1) is 11.6 Å². The lowest BCUT2D eigenvalue weighted by molar-refractivity contribution is 0.299. The van der Waals surface area contributed by atoms with Crippen molar-refractivity contribution >= 4 is 23.2 Å². The van der Waals surface area contributed by atoms with E-state index < -0.39 is 0 Å². The molecule has 0 bridgehead atoms. The summed E-state index contributed by atoms with van der Waals surface area (Å²) in [6, 6.07) is 12.1. The molecule has 1 aromatic heterocycles. The number of aryl methyl sites for hydroxylation is 1. The minimum atomic E-state index is 0.404. The molecule has 0 saturated carbocycles. The lowest BCUT2D eigenvalue weighted by Gasteiger charge is -2.07. The molecule has 2 rings (SSSR count). The Labute approximate surface area is 123 Å². The Morgan fingerprint density at radius 1 is 1.11 bits per heavy atom. The molecule has 0 N–H and O–H groups in total. The number of pyridine rings is 1. The fraction of sp³-hybridized carbons (Fsp3) is 0.267. The van der Waals surface area contributed by atoms with Crippen LogP contribution in [0, 0.1) is 0 Å². The molecular weight excluding hydrogens is 281 g/mol. The monoisotopic (exact) mass is 295 g/mol. The summed E-state index contributed by atoms with van der Waals surface area (Å²) in [5.74, 6) is 0.879. The van der Waals surface area contributed by atoms with Crippen LogP contribution in [-0.2, 0) is 12.3 Å². The van der Waals surface area contributed by atoms with Crippen molar-refractivity contribution < 1.29 is 4.74 Å². The van der Waals surface area contributed by atoms with Gasteiger partial charge in [-0.2, -0.15) is 0 Å². The molecule has 0 amide bonds. The third-order valence-electron chi connectivity index (χ3n) is 2.71. The van der Waals surface area contributed by atoms with Gasteiger partial charge in [0.15, 0.2) is 0 Å². The topological polar surface area (TPSA) is 22.1 Å². The second kappa shape index (κ2) is 7.37. The molecule has 0 fully saturated rings. The first kappa shape index (κ1) is 14.2. The number of hydrogen-bond donors (Lipinski definition) is 0. The van der Waals surface area contributed by atoms with Crippen LogP contribution in [0.15, 0.2) is 42.6 Å². The molecule has 0 aliphatic heterocycles. The van der Waals surface area contributed by atoms with E-state index in [2.05, 4.69) is 17.1 Å². The third-order valence-corrected chi connectivity index (χ3v) is 3.29. The average molecular weight is 296 g/mol. The number of rotatable bonds is 6. The number of aromatic nitrogens is 1. The van der Waals surface area contributed by atoms with E-state index in [-0.39, 0.29) is 0 Å². The summed E-state index contributed by atoms with van der Waals surface area (Å²) in [4.78, 5) is 4.16. The van der Waals surface area contributed by atoms with E-state index >= 15 is 0 Å². The van der Waals surface area contributed by atoms with Crippen molar-refractivity contribution in [1.29, 1.82) is 0 Å². The summed E-state index contributed by atoms with van der Waals surface area (Å²) in [7, 11) is 0. The van der Waals surface area contributed by atoms with Gasteiger partial charge in [0.25, 0.3) is 0 Å². The van der Waals surface area contributed by atoms with Crippen LogP contribution in [0.4, 0.5) is 0 Å². The zero-order valence-electron chi connectivity index (χ0n) is 10.5. The Morgan fingerprint density at radius 2 is 1.89 bits per heavy atom. The number of ether oxygens (including phenoxy) is 1. The smallest absolute Gasteiger partial charge is 0.232 e. The Bertz CT molecular complexity index is 517. The van der Waals surface area contributed by atoms with Gasteiger partial charge in [0.2, 0.25) is 5.88 Å². The van der Waals surface area contributed by atoms with Crippen molar-refractivity contribution in [3.63, 3.8) is 0 Å². The highest BCUT2D eigenvalue weighted by Crippen LogP contribution is 2.23. The van der Waals surface area contributed by atoms with Crippen LogP contribution in [0.3, 0.4) is 0 Å². The van der Waals surface area contributed by atoms with E-state index in [1.807, 2.05) is 18.2 Å². The number of alkyl halides is 1. The fourth-order valence-electron chi connectivity index (χ4n) is 1.73. The predicted molar refractivity (Wildman–Crippen MR) is 79.1 cm³/mol. The highest BCUT2D eigenvalue weighted by atomic mass is 35.5. The van der Waals surface area contributed by atoms with Crippen LogP contribution in [0.5, 0.6) is 5.88 Å². The molecule has 0 saturated heterocycles. The summed E-state index contributed by atoms with van der Waals surface area (Å²) in [5, 5.41) is 0.512. The molecular formula is C15H15Cl2NO. The molecule has 0 aliphatic rings. The normalized spacial score (nSPS) is 10.4. The summed E-state index contributed by atoms with van der Waals surface area (Å²) in [6.07, 6.45) is 3.60. The van der Waals surface area contributed by atoms with Gasteiger partial charge in [0.1, 0.15) is 5.02 Å². The first-order valence-electron chi connectivity index (χ1n) is 6.16. The van der Waals surface area contributed by atoms with Crippen molar-refractivity contribution in [2.75, 3.05) is 6.61 Å². The molecule has 2 nitrogen and oxygen atoms in total. The molecule has 100 valence electrons. The highest BCUT2D eigenvalue weighted by Gasteiger charge is 2.04. The summed E-state index contributed by atoms with van der Waals surface area (Å²) in [6.45, 7) is 0.599. The van der Waals surface area contributed by atoms with Gasteiger partial charge in [0, 0.05) is 12.1 Å². The standard InChI is InChI=1S/C15H15Cl2NO/c16-10-13-9-14(17)15(18-11-13)19-8-4-7-12-5-2-1-3-6-12/h1-3,5-6,9,11H,4,7-8,10H2. The van der Waals surface area contributed by atoms with Crippen LogP contribution in [-0.4, -0.2) is 11.6 Å². The SMILES string of the molecule is ClCc1cnc(OCCCc2ccccc2)c(Cl)c1. The first-order valence-corrected chi connectivity index (χ1v) is 7.08. The van der Waals surface area contributed by atoms with Gasteiger partial charge < -0.3 is 4.74 Å². The van der Waals surface area contributed by atoms with Gasteiger partial charge in [-0.25, -0.2) is 4.98 Å². The summed E-state index contributed by atoms with van der Waals surface area (Å²) in [5.41, 5.74) is 2.20. The van der Waals surface area contributed by atoms with Crippen LogP contribution < -0.4 is 4.74 Å². The number of benzene rings is 1. The molecule has 1 aromatic carbocycles. The molecule has 2 aromatic rings. The minimum Gasteiger partial charge on any atom is -0.477 e. The Hall–Kier alpha value is -1.25. The Kier molecular flexibility index (Phi) is 5.49. The van der Waals surface area contributed by atoms with Crippen LogP contribution in [0.25, 0.3) is 0 Å². The van der Waals surface area contributed by atoms with E-state index in [0.717, 1.165) is 18.4 Å². The van der Waals surface area contributed by atoms with Gasteiger partial charge in [-0.1, -0.05) is 41.9 Å². The van der Waals surface area contributed by atoms with Gasteiger partial charge in [-0.3, -0.25) is 0 Å². The Morgan fingerprint density at radius 3 is 2.58 bits per heavy atom. The van der Waals surface area contributed by atoms with Gasteiger partial charge >= 0.3 is 0 Å². The van der Waals surface area contributed by atoms with Gasteiger partial charge in [-0.05, 0) is 30.0 Å². The lowest BCUT2D eigenvalue weighted by atomic mass is 10.1. The maximum atomic E-state index is 6.06. The van der Waals surface area contributed by atoms with Crippen LogP contribution in [0.1, 0.15) is 17.5 Å². The average Bonchev–Trinajstić information content (AvgIpc) is 2.46. The van der Waals surface area contributed by atoms with Gasteiger partial charge in [0.05, 0.1) is 6.61 Å². The molecule has 0 aliphatic carbocycles. The molecule has 0 unspecified atom stereocenters. The minimum absolute atomic E-state index is 0.404. The maximum absolute atomic E-state index is 6.06. The molecule has 0 spiro atoms. The molecule has 19 heavy (non-hydrogen) atoms. The van der Waals surface area contributed by atoms with Crippen molar-refractivity contribution in [1.82, 2.24) is 4.98 Å². The van der Waals surface area contributed by atoms with Crippen molar-refractivity contribution in [2.45, 2.75) is 18.7 Å². The van der Waals surface area contributed by atoms with E-state index in [0.29, 0.717) is 23.4 Å². The summed E-state index contributed by atoms with van der Waals surface area (Å²) >= 11 is 11.8. The van der Waals surface area contributed by atoms with E-state index in [1.165, 1.54) is 5.56 Å². The summed E-state index contributed by atoms with van der Waals surface area (Å²) < 4.78 is 5.57. The van der Waals surface area contributed by atoms with Crippen LogP contribution in [0.2, 0.25) is 5.02 Å². The fourth-order valence-corrected chi connectivity index (χ4v) is 2.12.